The van der Waals surface area contributed by atoms with Crippen LogP contribution in [-0.2, 0) is 5.41 Å². The van der Waals surface area contributed by atoms with Gasteiger partial charge in [-0.15, -0.1) is 0 Å². The number of carboxylic acid groups (broad SMARTS) is 1. The molecular formula is C25H26O5. The second kappa shape index (κ2) is 9.35. The lowest BCUT2D eigenvalue weighted by Gasteiger charge is -2.27. The van der Waals surface area contributed by atoms with Gasteiger partial charge in [-0.2, -0.15) is 0 Å². The van der Waals surface area contributed by atoms with E-state index in [0.717, 1.165) is 29.0 Å². The number of phenols is 1. The van der Waals surface area contributed by atoms with E-state index >= 15 is 0 Å². The molecule has 0 bridgehead atoms. The van der Waals surface area contributed by atoms with Gasteiger partial charge in [-0.05, 0) is 47.5 Å². The molecule has 5 heteroatoms. The molecule has 0 radical (unpaired) electrons. The summed E-state index contributed by atoms with van der Waals surface area (Å²) in [6.45, 7) is 5.17. The van der Waals surface area contributed by atoms with Crippen molar-refractivity contribution in [2.45, 2.75) is 25.7 Å². The molecule has 0 atom stereocenters. The van der Waals surface area contributed by atoms with E-state index in [1.54, 1.807) is 6.07 Å². The summed E-state index contributed by atoms with van der Waals surface area (Å²) in [7, 11) is 0. The summed E-state index contributed by atoms with van der Waals surface area (Å²) < 4.78 is 11.4. The Bertz CT molecular complexity index is 978. The molecule has 3 rings (SSSR count). The van der Waals surface area contributed by atoms with Gasteiger partial charge in [0, 0.05) is 11.8 Å². The van der Waals surface area contributed by atoms with Crippen LogP contribution < -0.4 is 9.47 Å². The number of hydrogen-bond donors (Lipinski definition) is 2. The number of aromatic carboxylic acids is 1. The van der Waals surface area contributed by atoms with Crippen LogP contribution in [0.1, 0.15) is 41.8 Å². The van der Waals surface area contributed by atoms with Crippen LogP contribution in [0.2, 0.25) is 0 Å². The van der Waals surface area contributed by atoms with Crippen LogP contribution in [0.5, 0.6) is 17.2 Å². The Kier molecular flexibility index (Phi) is 6.62. The maximum Gasteiger partial charge on any atom is 0.339 e. The molecule has 3 aromatic rings. The van der Waals surface area contributed by atoms with Gasteiger partial charge in [0.05, 0.1) is 13.2 Å². The SMILES string of the molecule is CC(C)(c1ccc(OCCCOc2ccccc2)cc1)c1ccc(O)c(C(=O)O)c1. The van der Waals surface area contributed by atoms with Gasteiger partial charge < -0.3 is 19.7 Å². The van der Waals surface area contributed by atoms with E-state index in [2.05, 4.69) is 0 Å². The molecule has 156 valence electrons. The first-order valence-electron chi connectivity index (χ1n) is 9.86. The van der Waals surface area contributed by atoms with Gasteiger partial charge in [0.15, 0.2) is 0 Å². The summed E-state index contributed by atoms with van der Waals surface area (Å²) in [5.41, 5.74) is 1.30. The topological polar surface area (TPSA) is 76.0 Å². The van der Waals surface area contributed by atoms with Crippen LogP contribution in [0.15, 0.2) is 72.8 Å². The number of benzene rings is 3. The zero-order chi connectivity index (χ0) is 21.6. The van der Waals surface area contributed by atoms with E-state index in [1.807, 2.05) is 68.4 Å². The zero-order valence-corrected chi connectivity index (χ0v) is 17.2. The molecule has 0 fully saturated rings. The molecular weight excluding hydrogens is 380 g/mol. The van der Waals surface area contributed by atoms with Gasteiger partial charge in [0.1, 0.15) is 22.8 Å². The van der Waals surface area contributed by atoms with E-state index in [1.165, 1.54) is 12.1 Å². The smallest absolute Gasteiger partial charge is 0.339 e. The average molecular weight is 406 g/mol. The first kappa shape index (κ1) is 21.2. The molecule has 3 aromatic carbocycles. The predicted molar refractivity (Wildman–Crippen MR) is 116 cm³/mol. The van der Waals surface area contributed by atoms with Crippen LogP contribution in [0.3, 0.4) is 0 Å². The summed E-state index contributed by atoms with van der Waals surface area (Å²) in [5, 5.41) is 19.0. The third-order valence-corrected chi connectivity index (χ3v) is 5.09. The predicted octanol–water partition coefficient (Wildman–Crippen LogP) is 5.26. The summed E-state index contributed by atoms with van der Waals surface area (Å²) in [6.07, 6.45) is 0.771. The number of para-hydroxylation sites is 1. The van der Waals surface area contributed by atoms with Crippen molar-refractivity contribution in [2.75, 3.05) is 13.2 Å². The lowest BCUT2D eigenvalue weighted by atomic mass is 9.77. The Morgan fingerprint density at radius 3 is 2.00 bits per heavy atom. The van der Waals surface area contributed by atoms with Crippen molar-refractivity contribution in [3.8, 4) is 17.2 Å². The molecule has 0 aliphatic heterocycles. The molecule has 0 amide bonds. The Hall–Kier alpha value is -3.47. The van der Waals surface area contributed by atoms with Crippen molar-refractivity contribution in [1.29, 1.82) is 0 Å². The molecule has 0 spiro atoms. The highest BCUT2D eigenvalue weighted by Crippen LogP contribution is 2.34. The van der Waals surface area contributed by atoms with Crippen molar-refractivity contribution in [1.82, 2.24) is 0 Å². The number of carboxylic acids is 1. The van der Waals surface area contributed by atoms with Gasteiger partial charge in [0.25, 0.3) is 0 Å². The van der Waals surface area contributed by atoms with Gasteiger partial charge in [-0.3, -0.25) is 0 Å². The maximum atomic E-state index is 11.3. The Morgan fingerprint density at radius 1 is 0.833 bits per heavy atom. The van der Waals surface area contributed by atoms with E-state index in [-0.39, 0.29) is 11.3 Å². The number of carbonyl (C=O) groups is 1. The minimum absolute atomic E-state index is 0.0988. The number of rotatable bonds is 9. The number of hydrogen-bond acceptors (Lipinski definition) is 4. The molecule has 0 aliphatic carbocycles. The highest BCUT2D eigenvalue weighted by molar-refractivity contribution is 5.91. The standard InChI is InChI=1S/C25H26O5/c1-25(2,19-11-14-23(26)22(17-19)24(27)28)18-9-12-21(13-10-18)30-16-6-15-29-20-7-4-3-5-8-20/h3-5,7-14,17,26H,6,15-16H2,1-2H3,(H,27,28). The number of ether oxygens (including phenoxy) is 2. The van der Waals surface area contributed by atoms with Gasteiger partial charge in [-0.25, -0.2) is 4.79 Å². The normalized spacial score (nSPS) is 11.1. The van der Waals surface area contributed by atoms with Crippen LogP contribution in [0.4, 0.5) is 0 Å². The highest BCUT2D eigenvalue weighted by Gasteiger charge is 2.25. The monoisotopic (exact) mass is 406 g/mol. The first-order chi connectivity index (χ1) is 14.4. The third-order valence-electron chi connectivity index (χ3n) is 5.09. The molecule has 0 saturated carbocycles. The summed E-state index contributed by atoms with van der Waals surface area (Å²) >= 11 is 0. The van der Waals surface area contributed by atoms with Crippen molar-refractivity contribution < 1.29 is 24.5 Å². The van der Waals surface area contributed by atoms with Gasteiger partial charge in [0.2, 0.25) is 0 Å². The third kappa shape index (κ3) is 5.11. The molecule has 0 saturated heterocycles. The van der Waals surface area contributed by atoms with Gasteiger partial charge >= 0.3 is 5.97 Å². The first-order valence-corrected chi connectivity index (χ1v) is 9.86. The lowest BCUT2D eigenvalue weighted by Crippen LogP contribution is -2.19. The zero-order valence-electron chi connectivity index (χ0n) is 17.2. The van der Waals surface area contributed by atoms with Gasteiger partial charge in [-0.1, -0.05) is 50.2 Å². The lowest BCUT2D eigenvalue weighted by molar-refractivity contribution is 0.0693. The van der Waals surface area contributed by atoms with Crippen LogP contribution >= 0.6 is 0 Å². The highest BCUT2D eigenvalue weighted by atomic mass is 16.5. The van der Waals surface area contributed by atoms with Crippen molar-refractivity contribution in [3.05, 3.63) is 89.5 Å². The Morgan fingerprint density at radius 2 is 1.40 bits per heavy atom. The molecule has 2 N–H and O–H groups in total. The van der Waals surface area contributed by atoms with E-state index < -0.39 is 11.4 Å². The molecule has 0 aromatic heterocycles. The fraction of sp³-hybridized carbons (Fsp3) is 0.240. The maximum absolute atomic E-state index is 11.3. The molecule has 0 aliphatic rings. The Balaban J connectivity index is 1.58. The largest absolute Gasteiger partial charge is 0.507 e. The van der Waals surface area contributed by atoms with Crippen molar-refractivity contribution >= 4 is 5.97 Å². The molecule has 0 unspecified atom stereocenters. The van der Waals surface area contributed by atoms with Crippen LogP contribution in [-0.4, -0.2) is 29.4 Å². The Labute approximate surface area is 176 Å². The number of aromatic hydroxyl groups is 1. The molecule has 5 nitrogen and oxygen atoms in total. The average Bonchev–Trinajstić information content (AvgIpc) is 2.74. The summed E-state index contributed by atoms with van der Waals surface area (Å²) in [4.78, 5) is 11.3. The summed E-state index contributed by atoms with van der Waals surface area (Å²) in [6, 6.07) is 22.2. The van der Waals surface area contributed by atoms with E-state index in [4.69, 9.17) is 9.47 Å². The van der Waals surface area contributed by atoms with E-state index in [0.29, 0.717) is 13.2 Å². The minimum atomic E-state index is -1.15. The minimum Gasteiger partial charge on any atom is -0.507 e. The quantitative estimate of drug-likeness (QED) is 0.474. The fourth-order valence-corrected chi connectivity index (χ4v) is 3.19. The second-order valence-electron chi connectivity index (χ2n) is 7.55. The second-order valence-corrected chi connectivity index (χ2v) is 7.55. The van der Waals surface area contributed by atoms with Crippen molar-refractivity contribution in [3.63, 3.8) is 0 Å². The molecule has 30 heavy (non-hydrogen) atoms. The molecule has 0 heterocycles. The summed E-state index contributed by atoms with van der Waals surface area (Å²) in [5.74, 6) is 0.239. The van der Waals surface area contributed by atoms with Crippen LogP contribution in [0, 0.1) is 0 Å². The van der Waals surface area contributed by atoms with Crippen LogP contribution in [0.25, 0.3) is 0 Å². The fourth-order valence-electron chi connectivity index (χ4n) is 3.19. The van der Waals surface area contributed by atoms with Crippen molar-refractivity contribution in [2.24, 2.45) is 0 Å². The van der Waals surface area contributed by atoms with E-state index in [9.17, 15) is 15.0 Å².